The normalized spacial score (nSPS) is 13.7. The van der Waals surface area contributed by atoms with Crippen molar-refractivity contribution in [1.82, 2.24) is 0 Å². The van der Waals surface area contributed by atoms with Gasteiger partial charge in [0, 0.05) is 12.7 Å². The second kappa shape index (κ2) is 7.28. The Morgan fingerprint density at radius 3 is 2.53 bits per heavy atom. The Balaban J connectivity index is 2.89. The van der Waals surface area contributed by atoms with Crippen molar-refractivity contribution in [2.75, 3.05) is 12.9 Å². The van der Waals surface area contributed by atoms with Gasteiger partial charge in [0.05, 0.1) is 18.8 Å². The Morgan fingerprint density at radius 2 is 1.95 bits per heavy atom. The van der Waals surface area contributed by atoms with Crippen molar-refractivity contribution >= 4 is 22.8 Å². The topological polar surface area (TPSA) is 83.8 Å². The molecule has 0 aliphatic carbocycles. The van der Waals surface area contributed by atoms with Gasteiger partial charge in [-0.3, -0.25) is 4.79 Å². The summed E-state index contributed by atoms with van der Waals surface area (Å²) in [5.41, 5.74) is 0.482. The molecule has 0 aromatic heterocycles. The van der Waals surface area contributed by atoms with Crippen molar-refractivity contribution < 1.29 is 24.5 Å². The van der Waals surface area contributed by atoms with Gasteiger partial charge in [-0.25, -0.2) is 4.79 Å². The smallest absolute Gasteiger partial charge is 0.338 e. The zero-order valence-corrected chi connectivity index (χ0v) is 11.5. The summed E-state index contributed by atoms with van der Waals surface area (Å²) in [6.45, 7) is 1.38. The second-order valence-corrected chi connectivity index (χ2v) is 5.09. The molecular weight excluding hydrogens is 268 g/mol. The molecule has 6 heteroatoms. The summed E-state index contributed by atoms with van der Waals surface area (Å²) in [6, 6.07) is 6.34. The molecule has 2 N–H and O–H groups in total. The number of methoxy groups -OCH3 is 1. The summed E-state index contributed by atoms with van der Waals surface area (Å²) < 4.78 is 4.61. The predicted molar refractivity (Wildman–Crippen MR) is 71.9 cm³/mol. The third-order valence-corrected chi connectivity index (χ3v) is 3.42. The first-order valence-corrected chi connectivity index (χ1v) is 6.62. The van der Waals surface area contributed by atoms with E-state index in [4.69, 9.17) is 0 Å². The van der Waals surface area contributed by atoms with Crippen molar-refractivity contribution in [1.29, 1.82) is 0 Å². The molecule has 0 saturated heterocycles. The molecule has 0 radical (unpaired) electrons. The molecule has 19 heavy (non-hydrogen) atoms. The maximum atomic E-state index is 11.6. The Hall–Kier alpha value is -1.37. The highest BCUT2D eigenvalue weighted by Crippen LogP contribution is 2.24. The quantitative estimate of drug-likeness (QED) is 0.789. The first-order chi connectivity index (χ1) is 8.97. The van der Waals surface area contributed by atoms with Gasteiger partial charge in [-0.2, -0.15) is 0 Å². The van der Waals surface area contributed by atoms with Crippen LogP contribution in [0.5, 0.6) is 0 Å². The lowest BCUT2D eigenvalue weighted by molar-refractivity contribution is -0.109. The van der Waals surface area contributed by atoms with E-state index < -0.39 is 18.2 Å². The van der Waals surface area contributed by atoms with Crippen LogP contribution in [0.2, 0.25) is 0 Å². The maximum absolute atomic E-state index is 11.6. The van der Waals surface area contributed by atoms with E-state index in [-0.39, 0.29) is 22.0 Å². The van der Waals surface area contributed by atoms with Crippen molar-refractivity contribution in [2.45, 2.75) is 19.1 Å². The van der Waals surface area contributed by atoms with E-state index in [9.17, 15) is 19.8 Å². The first-order valence-electron chi connectivity index (χ1n) is 5.64. The molecule has 2 atom stereocenters. The van der Waals surface area contributed by atoms with Gasteiger partial charge in [0.1, 0.15) is 6.10 Å². The number of ether oxygens (including phenoxy) is 1. The molecule has 0 fully saturated rings. The minimum absolute atomic E-state index is 0.0615. The van der Waals surface area contributed by atoms with Gasteiger partial charge in [-0.15, -0.1) is 0 Å². The SMILES string of the molecule is COC(=O)c1ccccc1C(O)C(O)CSC(C)=O. The van der Waals surface area contributed by atoms with Crippen LogP contribution in [0.15, 0.2) is 24.3 Å². The summed E-state index contributed by atoms with van der Waals surface area (Å²) in [7, 11) is 1.24. The Kier molecular flexibility index (Phi) is 6.01. The molecule has 104 valence electrons. The van der Waals surface area contributed by atoms with Gasteiger partial charge < -0.3 is 14.9 Å². The number of carbonyl (C=O) groups excluding carboxylic acids is 2. The second-order valence-electron chi connectivity index (χ2n) is 3.89. The largest absolute Gasteiger partial charge is 0.465 e. The number of aliphatic hydroxyl groups excluding tert-OH is 2. The van der Waals surface area contributed by atoms with Crippen LogP contribution in [0.4, 0.5) is 0 Å². The Bertz CT molecular complexity index is 460. The van der Waals surface area contributed by atoms with Gasteiger partial charge >= 0.3 is 5.97 Å². The highest BCUT2D eigenvalue weighted by molar-refractivity contribution is 8.13. The van der Waals surface area contributed by atoms with E-state index in [0.29, 0.717) is 0 Å². The molecule has 0 heterocycles. The molecule has 1 aromatic carbocycles. The van der Waals surface area contributed by atoms with Crippen LogP contribution in [0.3, 0.4) is 0 Å². The van der Waals surface area contributed by atoms with Crippen LogP contribution < -0.4 is 0 Å². The van der Waals surface area contributed by atoms with E-state index in [1.807, 2.05) is 0 Å². The molecule has 0 bridgehead atoms. The van der Waals surface area contributed by atoms with Crippen molar-refractivity contribution in [3.8, 4) is 0 Å². The van der Waals surface area contributed by atoms with Crippen molar-refractivity contribution in [2.24, 2.45) is 0 Å². The van der Waals surface area contributed by atoms with E-state index in [1.54, 1.807) is 18.2 Å². The lowest BCUT2D eigenvalue weighted by atomic mass is 9.99. The lowest BCUT2D eigenvalue weighted by Crippen LogP contribution is -2.23. The highest BCUT2D eigenvalue weighted by Gasteiger charge is 2.24. The number of carbonyl (C=O) groups is 2. The van der Waals surface area contributed by atoms with Crippen LogP contribution >= 0.6 is 11.8 Å². The fourth-order valence-electron chi connectivity index (χ4n) is 1.55. The van der Waals surface area contributed by atoms with E-state index in [1.165, 1.54) is 20.1 Å². The van der Waals surface area contributed by atoms with Crippen molar-refractivity contribution in [3.63, 3.8) is 0 Å². The van der Waals surface area contributed by atoms with Gasteiger partial charge in [0.25, 0.3) is 0 Å². The first kappa shape index (κ1) is 15.7. The molecule has 2 unspecified atom stereocenters. The summed E-state index contributed by atoms with van der Waals surface area (Å²) in [4.78, 5) is 22.4. The molecule has 0 aliphatic rings. The molecule has 0 amide bonds. The number of rotatable bonds is 5. The van der Waals surface area contributed by atoms with Crippen LogP contribution in [0, 0.1) is 0 Å². The summed E-state index contributed by atoms with van der Waals surface area (Å²) >= 11 is 0.917. The minimum Gasteiger partial charge on any atom is -0.465 e. The number of hydrogen-bond acceptors (Lipinski definition) is 6. The third kappa shape index (κ3) is 4.34. The zero-order valence-electron chi connectivity index (χ0n) is 10.7. The molecule has 0 saturated carbocycles. The number of aliphatic hydroxyl groups is 2. The number of esters is 1. The number of thioether (sulfide) groups is 1. The van der Waals surface area contributed by atoms with Gasteiger partial charge in [-0.1, -0.05) is 30.0 Å². The standard InChI is InChI=1S/C13H16O5S/c1-8(14)19-7-11(15)12(16)9-5-3-4-6-10(9)13(17)18-2/h3-6,11-12,15-16H,7H2,1-2H3. The molecule has 1 rings (SSSR count). The Morgan fingerprint density at radius 1 is 1.32 bits per heavy atom. The lowest BCUT2D eigenvalue weighted by Gasteiger charge is -2.19. The van der Waals surface area contributed by atoms with Crippen LogP contribution in [0.1, 0.15) is 28.9 Å². The van der Waals surface area contributed by atoms with E-state index in [0.717, 1.165) is 11.8 Å². The third-order valence-electron chi connectivity index (χ3n) is 2.51. The summed E-state index contributed by atoms with van der Waals surface area (Å²) in [5, 5.41) is 19.7. The molecule has 5 nitrogen and oxygen atoms in total. The summed E-state index contributed by atoms with van der Waals surface area (Å²) in [5.74, 6) is -0.521. The number of benzene rings is 1. The molecule has 0 aliphatic heterocycles. The average Bonchev–Trinajstić information content (AvgIpc) is 2.42. The molecular formula is C13H16O5S. The highest BCUT2D eigenvalue weighted by atomic mass is 32.2. The van der Waals surface area contributed by atoms with Crippen LogP contribution in [-0.2, 0) is 9.53 Å². The zero-order chi connectivity index (χ0) is 14.4. The summed E-state index contributed by atoms with van der Waals surface area (Å²) in [6.07, 6.45) is -2.39. The number of hydrogen-bond donors (Lipinski definition) is 2. The average molecular weight is 284 g/mol. The van der Waals surface area contributed by atoms with Gasteiger partial charge in [-0.05, 0) is 11.6 Å². The monoisotopic (exact) mass is 284 g/mol. The minimum atomic E-state index is -1.25. The van der Waals surface area contributed by atoms with Gasteiger partial charge in [0.2, 0.25) is 0 Å². The van der Waals surface area contributed by atoms with E-state index in [2.05, 4.69) is 4.74 Å². The van der Waals surface area contributed by atoms with Crippen molar-refractivity contribution in [3.05, 3.63) is 35.4 Å². The van der Waals surface area contributed by atoms with Crippen LogP contribution in [0.25, 0.3) is 0 Å². The fourth-order valence-corrected chi connectivity index (χ4v) is 2.14. The molecule has 1 aromatic rings. The fraction of sp³-hybridized carbons (Fsp3) is 0.385. The predicted octanol–water partition coefficient (Wildman–Crippen LogP) is 1.15. The van der Waals surface area contributed by atoms with Crippen LogP contribution in [-0.4, -0.2) is 40.3 Å². The van der Waals surface area contributed by atoms with Gasteiger partial charge in [0.15, 0.2) is 5.12 Å². The van der Waals surface area contributed by atoms with E-state index >= 15 is 0 Å². The maximum Gasteiger partial charge on any atom is 0.338 e. The molecule has 0 spiro atoms. The Labute approximate surface area is 115 Å².